The molecule has 0 unspecified atom stereocenters. The van der Waals surface area contributed by atoms with Crippen LogP contribution in [0.4, 0.5) is 17.6 Å². The molecule has 0 fully saturated rings. The molecule has 29 heavy (non-hydrogen) atoms. The van der Waals surface area contributed by atoms with Gasteiger partial charge in [-0.3, -0.25) is 4.79 Å². The van der Waals surface area contributed by atoms with Crippen molar-refractivity contribution in [3.8, 4) is 5.75 Å². The summed E-state index contributed by atoms with van der Waals surface area (Å²) in [6.45, 7) is 0.120. The monoisotopic (exact) mass is 401 g/mol. The molecule has 4 rings (SSSR count). The maximum absolute atomic E-state index is 13.9. The van der Waals surface area contributed by atoms with Crippen molar-refractivity contribution in [2.75, 3.05) is 0 Å². The van der Waals surface area contributed by atoms with Crippen molar-refractivity contribution in [1.29, 1.82) is 0 Å². The van der Waals surface area contributed by atoms with Gasteiger partial charge in [-0.25, -0.2) is 4.39 Å². The number of aromatic nitrogens is 1. The van der Waals surface area contributed by atoms with Crippen LogP contribution in [0, 0.1) is 11.9 Å². The van der Waals surface area contributed by atoms with Gasteiger partial charge >= 0.3 is 6.36 Å². The van der Waals surface area contributed by atoms with E-state index in [0.717, 1.165) is 6.07 Å². The number of fused-ring (bicyclic) bond motifs is 3. The van der Waals surface area contributed by atoms with Crippen molar-refractivity contribution in [3.05, 3.63) is 77.6 Å². The topological polar surface area (TPSA) is 57.2 Å². The Bertz CT molecular complexity index is 1240. The highest BCUT2D eigenvalue weighted by Gasteiger charge is 2.31. The van der Waals surface area contributed by atoms with Crippen LogP contribution in [0.2, 0.25) is 0 Å². The number of halogens is 4. The SMILES string of the molecule is NC(=O)c1cccc2c1c1[c]cc(F)cc1n2Cc1cccc(OC(F)(F)F)c1. The highest BCUT2D eigenvalue weighted by atomic mass is 19.4. The minimum absolute atomic E-state index is 0.120. The Hall–Kier alpha value is -3.55. The van der Waals surface area contributed by atoms with E-state index in [-0.39, 0.29) is 17.9 Å². The molecule has 1 radical (unpaired) electrons. The molecule has 0 atom stereocenters. The van der Waals surface area contributed by atoms with E-state index in [4.69, 9.17) is 5.73 Å². The molecular formula is C21H13F4N2O2. The first kappa shape index (κ1) is 18.8. The Balaban J connectivity index is 1.90. The lowest BCUT2D eigenvalue weighted by molar-refractivity contribution is -0.274. The molecule has 147 valence electrons. The number of alkyl halides is 3. The van der Waals surface area contributed by atoms with Gasteiger partial charge < -0.3 is 15.0 Å². The normalized spacial score (nSPS) is 11.9. The molecule has 1 heterocycles. The minimum atomic E-state index is -4.81. The third-order valence-corrected chi connectivity index (χ3v) is 4.50. The van der Waals surface area contributed by atoms with E-state index in [1.807, 2.05) is 0 Å². The maximum atomic E-state index is 13.9. The number of ether oxygens (including phenoxy) is 1. The van der Waals surface area contributed by atoms with Crippen LogP contribution in [-0.2, 0) is 6.54 Å². The largest absolute Gasteiger partial charge is 0.573 e. The molecule has 1 aromatic heterocycles. The van der Waals surface area contributed by atoms with E-state index < -0.39 is 18.1 Å². The second-order valence-electron chi connectivity index (χ2n) is 6.42. The summed E-state index contributed by atoms with van der Waals surface area (Å²) in [4.78, 5) is 11.9. The zero-order valence-electron chi connectivity index (χ0n) is 14.8. The third kappa shape index (κ3) is 3.61. The van der Waals surface area contributed by atoms with Crippen molar-refractivity contribution in [3.63, 3.8) is 0 Å². The van der Waals surface area contributed by atoms with Crippen LogP contribution in [0.3, 0.4) is 0 Å². The lowest BCUT2D eigenvalue weighted by atomic mass is 10.1. The Kier molecular flexibility index (Phi) is 4.41. The summed E-state index contributed by atoms with van der Waals surface area (Å²) in [5, 5.41) is 1.01. The lowest BCUT2D eigenvalue weighted by Gasteiger charge is -2.12. The van der Waals surface area contributed by atoms with E-state index in [1.54, 1.807) is 28.8 Å². The molecule has 0 aliphatic rings. The van der Waals surface area contributed by atoms with Crippen molar-refractivity contribution in [1.82, 2.24) is 4.57 Å². The number of hydrogen-bond donors (Lipinski definition) is 1. The Morgan fingerprint density at radius 2 is 1.86 bits per heavy atom. The lowest BCUT2D eigenvalue weighted by Crippen LogP contribution is -2.17. The number of nitrogens with two attached hydrogens (primary N) is 1. The molecule has 1 amide bonds. The molecule has 2 N–H and O–H groups in total. The molecule has 8 heteroatoms. The first-order chi connectivity index (χ1) is 13.7. The van der Waals surface area contributed by atoms with Gasteiger partial charge in [-0.05, 0) is 48.0 Å². The van der Waals surface area contributed by atoms with Crippen molar-refractivity contribution >= 4 is 27.7 Å². The number of nitrogens with zero attached hydrogens (tertiary/aromatic N) is 1. The van der Waals surface area contributed by atoms with E-state index in [0.29, 0.717) is 27.4 Å². The smallest absolute Gasteiger partial charge is 0.406 e. The standard InChI is InChI=1S/C21H13F4N2O2/c22-13-7-8-15-18(10-13)27(17-6-2-5-16(19(15)17)20(26)28)11-12-3-1-4-14(9-12)29-21(23,24)25/h1-7,9-10H,11H2,(H2,26,28). The molecule has 0 bridgehead atoms. The molecule has 0 spiro atoms. The van der Waals surface area contributed by atoms with Crippen LogP contribution < -0.4 is 10.5 Å². The van der Waals surface area contributed by atoms with E-state index in [1.165, 1.54) is 24.3 Å². The predicted octanol–water partition coefficient (Wildman–Crippen LogP) is 4.78. The summed E-state index contributed by atoms with van der Waals surface area (Å²) >= 11 is 0. The average molecular weight is 401 g/mol. The summed E-state index contributed by atoms with van der Waals surface area (Å²) < 4.78 is 57.1. The number of carbonyl (C=O) groups excluding carboxylic acids is 1. The molecule has 0 saturated carbocycles. The minimum Gasteiger partial charge on any atom is -0.406 e. The fraction of sp³-hybridized carbons (Fsp3) is 0.0952. The number of primary amides is 1. The second kappa shape index (κ2) is 6.80. The van der Waals surface area contributed by atoms with E-state index in [9.17, 15) is 22.4 Å². The Labute approximate surface area is 162 Å². The maximum Gasteiger partial charge on any atom is 0.573 e. The van der Waals surface area contributed by atoms with Gasteiger partial charge in [0.05, 0.1) is 11.0 Å². The number of rotatable bonds is 4. The van der Waals surface area contributed by atoms with Crippen LogP contribution in [0.25, 0.3) is 21.8 Å². The second-order valence-corrected chi connectivity index (χ2v) is 6.42. The number of hydrogen-bond acceptors (Lipinski definition) is 2. The summed E-state index contributed by atoms with van der Waals surface area (Å²) in [5.41, 5.74) is 7.26. The summed E-state index contributed by atoms with van der Waals surface area (Å²) in [6, 6.07) is 15.7. The summed E-state index contributed by atoms with van der Waals surface area (Å²) in [7, 11) is 0. The van der Waals surface area contributed by atoms with Crippen molar-refractivity contribution in [2.45, 2.75) is 12.9 Å². The van der Waals surface area contributed by atoms with E-state index in [2.05, 4.69) is 10.8 Å². The van der Waals surface area contributed by atoms with Crippen LogP contribution >= 0.6 is 0 Å². The quantitative estimate of drug-likeness (QED) is 0.501. The molecule has 4 aromatic rings. The summed E-state index contributed by atoms with van der Waals surface area (Å²) in [6.07, 6.45) is -4.81. The average Bonchev–Trinajstić information content (AvgIpc) is 2.94. The van der Waals surface area contributed by atoms with Crippen LogP contribution in [-0.4, -0.2) is 16.8 Å². The van der Waals surface area contributed by atoms with Gasteiger partial charge in [0.25, 0.3) is 0 Å². The fourth-order valence-electron chi connectivity index (χ4n) is 3.43. The zero-order chi connectivity index (χ0) is 20.8. The zero-order valence-corrected chi connectivity index (χ0v) is 14.8. The number of benzene rings is 3. The van der Waals surface area contributed by atoms with Crippen molar-refractivity contribution < 1.29 is 27.1 Å². The molecule has 0 saturated heterocycles. The number of carbonyl (C=O) groups is 1. The Morgan fingerprint density at radius 1 is 1.10 bits per heavy atom. The van der Waals surface area contributed by atoms with Gasteiger partial charge in [-0.2, -0.15) is 0 Å². The highest BCUT2D eigenvalue weighted by molar-refractivity contribution is 6.17. The van der Waals surface area contributed by atoms with Gasteiger partial charge in [0.1, 0.15) is 11.6 Å². The van der Waals surface area contributed by atoms with Crippen LogP contribution in [0.1, 0.15) is 15.9 Å². The predicted molar refractivity (Wildman–Crippen MR) is 99.0 cm³/mol. The highest BCUT2D eigenvalue weighted by Crippen LogP contribution is 2.33. The summed E-state index contributed by atoms with van der Waals surface area (Å²) in [5.74, 6) is -1.53. The molecule has 3 aromatic carbocycles. The van der Waals surface area contributed by atoms with E-state index >= 15 is 0 Å². The first-order valence-corrected chi connectivity index (χ1v) is 8.49. The fourth-order valence-corrected chi connectivity index (χ4v) is 3.43. The van der Waals surface area contributed by atoms with Gasteiger partial charge in [-0.1, -0.05) is 18.2 Å². The molecular weight excluding hydrogens is 388 g/mol. The van der Waals surface area contributed by atoms with Crippen LogP contribution in [0.5, 0.6) is 5.75 Å². The van der Waals surface area contributed by atoms with Crippen molar-refractivity contribution in [2.24, 2.45) is 5.73 Å². The molecule has 4 nitrogen and oxygen atoms in total. The first-order valence-electron chi connectivity index (χ1n) is 8.49. The van der Waals surface area contributed by atoms with Gasteiger partial charge in [0, 0.05) is 22.9 Å². The third-order valence-electron chi connectivity index (χ3n) is 4.50. The Morgan fingerprint density at radius 3 is 2.59 bits per heavy atom. The van der Waals surface area contributed by atoms with Gasteiger partial charge in [-0.15, -0.1) is 13.2 Å². The van der Waals surface area contributed by atoms with Gasteiger partial charge in [0.2, 0.25) is 5.91 Å². The van der Waals surface area contributed by atoms with Gasteiger partial charge in [0.15, 0.2) is 0 Å². The molecule has 0 aliphatic heterocycles. The number of amides is 1. The van der Waals surface area contributed by atoms with Crippen LogP contribution in [0.15, 0.2) is 54.6 Å². The molecule has 0 aliphatic carbocycles.